The van der Waals surface area contributed by atoms with Gasteiger partial charge in [-0.3, -0.25) is 4.79 Å². The molecule has 100 valence electrons. The molecule has 0 aromatic rings. The normalized spacial score (nSPS) is 21.9. The summed E-state index contributed by atoms with van der Waals surface area (Å²) in [5, 5.41) is 12.1. The summed E-state index contributed by atoms with van der Waals surface area (Å²) in [4.78, 5) is 25.0. The average Bonchev–Trinajstić information content (AvgIpc) is 2.87. The number of hydrogen-bond donors (Lipinski definition) is 2. The van der Waals surface area contributed by atoms with Gasteiger partial charge in [0.05, 0.1) is 5.41 Å². The number of urea groups is 1. The van der Waals surface area contributed by atoms with Crippen molar-refractivity contribution in [1.29, 1.82) is 0 Å². The Morgan fingerprint density at radius 3 is 2.56 bits per heavy atom. The fraction of sp³-hybridized carbons (Fsp3) is 0.692. The lowest BCUT2D eigenvalue weighted by Gasteiger charge is -2.28. The van der Waals surface area contributed by atoms with Crippen LogP contribution in [-0.2, 0) is 4.79 Å². The van der Waals surface area contributed by atoms with Crippen LogP contribution in [0.15, 0.2) is 12.2 Å². The first kappa shape index (κ1) is 12.9. The van der Waals surface area contributed by atoms with Crippen molar-refractivity contribution in [1.82, 2.24) is 10.2 Å². The van der Waals surface area contributed by atoms with Crippen molar-refractivity contribution in [2.45, 2.75) is 32.1 Å². The monoisotopic (exact) mass is 252 g/mol. The lowest BCUT2D eigenvalue weighted by atomic mass is 9.86. The van der Waals surface area contributed by atoms with Gasteiger partial charge in [-0.05, 0) is 19.3 Å². The topological polar surface area (TPSA) is 69.6 Å². The van der Waals surface area contributed by atoms with Gasteiger partial charge >= 0.3 is 12.0 Å². The molecule has 2 amide bonds. The number of rotatable bonds is 3. The van der Waals surface area contributed by atoms with Gasteiger partial charge in [-0.15, -0.1) is 0 Å². The number of aliphatic carboxylic acids is 1. The van der Waals surface area contributed by atoms with Crippen LogP contribution in [0.4, 0.5) is 4.79 Å². The Morgan fingerprint density at radius 1 is 1.28 bits per heavy atom. The first-order chi connectivity index (χ1) is 8.64. The van der Waals surface area contributed by atoms with Gasteiger partial charge in [0.15, 0.2) is 0 Å². The summed E-state index contributed by atoms with van der Waals surface area (Å²) in [7, 11) is 0. The van der Waals surface area contributed by atoms with E-state index in [0.717, 1.165) is 19.3 Å². The number of carboxylic acid groups (broad SMARTS) is 1. The van der Waals surface area contributed by atoms with Gasteiger partial charge in [0, 0.05) is 19.6 Å². The van der Waals surface area contributed by atoms with Crippen molar-refractivity contribution in [3.8, 4) is 0 Å². The molecule has 0 unspecified atom stereocenters. The summed E-state index contributed by atoms with van der Waals surface area (Å²) in [6, 6.07) is -0.146. The third-order valence-corrected chi connectivity index (χ3v) is 3.94. The molecule has 5 heteroatoms. The number of carbonyl (C=O) groups is 2. The van der Waals surface area contributed by atoms with Gasteiger partial charge < -0.3 is 15.3 Å². The molecular weight excluding hydrogens is 232 g/mol. The van der Waals surface area contributed by atoms with Crippen molar-refractivity contribution in [2.75, 3.05) is 19.6 Å². The van der Waals surface area contributed by atoms with E-state index in [2.05, 4.69) is 11.4 Å². The second kappa shape index (κ2) is 5.42. The Kier molecular flexibility index (Phi) is 3.89. The molecule has 0 radical (unpaired) electrons. The smallest absolute Gasteiger partial charge is 0.317 e. The van der Waals surface area contributed by atoms with E-state index in [0.29, 0.717) is 25.9 Å². The quantitative estimate of drug-likeness (QED) is 0.750. The first-order valence-electron chi connectivity index (χ1n) is 6.55. The average molecular weight is 252 g/mol. The van der Waals surface area contributed by atoms with Gasteiger partial charge in [0.2, 0.25) is 0 Å². The van der Waals surface area contributed by atoms with Crippen molar-refractivity contribution in [3.05, 3.63) is 12.2 Å². The molecule has 0 atom stereocenters. The van der Waals surface area contributed by atoms with Gasteiger partial charge in [-0.25, -0.2) is 4.79 Å². The summed E-state index contributed by atoms with van der Waals surface area (Å²) in [6.07, 6.45) is 8.11. The Morgan fingerprint density at radius 2 is 2.00 bits per heavy atom. The van der Waals surface area contributed by atoms with Gasteiger partial charge in [0.25, 0.3) is 0 Å². The van der Waals surface area contributed by atoms with Crippen LogP contribution in [-0.4, -0.2) is 41.6 Å². The highest BCUT2D eigenvalue weighted by atomic mass is 16.4. The van der Waals surface area contributed by atoms with E-state index in [9.17, 15) is 14.7 Å². The second-order valence-electron chi connectivity index (χ2n) is 5.16. The fourth-order valence-corrected chi connectivity index (χ4v) is 2.70. The van der Waals surface area contributed by atoms with Crippen LogP contribution in [0.25, 0.3) is 0 Å². The lowest BCUT2D eigenvalue weighted by molar-refractivity contribution is -0.148. The van der Waals surface area contributed by atoms with E-state index >= 15 is 0 Å². The van der Waals surface area contributed by atoms with E-state index in [1.165, 1.54) is 0 Å². The zero-order valence-electron chi connectivity index (χ0n) is 10.5. The Labute approximate surface area is 107 Å². The molecule has 0 spiro atoms. The summed E-state index contributed by atoms with van der Waals surface area (Å²) in [6.45, 7) is 1.58. The van der Waals surface area contributed by atoms with Crippen LogP contribution in [0.5, 0.6) is 0 Å². The molecule has 1 heterocycles. The third kappa shape index (κ3) is 2.66. The summed E-state index contributed by atoms with van der Waals surface area (Å²) in [5.41, 5.74) is -0.735. The van der Waals surface area contributed by atoms with Gasteiger partial charge in [0.1, 0.15) is 0 Å². The second-order valence-corrected chi connectivity index (χ2v) is 5.16. The van der Waals surface area contributed by atoms with E-state index < -0.39 is 11.4 Å². The van der Waals surface area contributed by atoms with Crippen LogP contribution in [0.1, 0.15) is 32.1 Å². The SMILES string of the molecule is O=C(NCC1(C(=O)O)CCCC1)N1CC=CCC1. The highest BCUT2D eigenvalue weighted by Crippen LogP contribution is 2.37. The van der Waals surface area contributed by atoms with Crippen molar-refractivity contribution in [2.24, 2.45) is 5.41 Å². The van der Waals surface area contributed by atoms with E-state index in [-0.39, 0.29) is 12.6 Å². The maximum Gasteiger partial charge on any atom is 0.317 e. The molecule has 2 rings (SSSR count). The zero-order chi connectivity index (χ0) is 13.0. The Hall–Kier alpha value is -1.52. The van der Waals surface area contributed by atoms with Crippen LogP contribution in [0.3, 0.4) is 0 Å². The molecule has 0 aromatic heterocycles. The molecule has 0 aromatic carbocycles. The van der Waals surface area contributed by atoms with E-state index in [1.807, 2.05) is 6.08 Å². The van der Waals surface area contributed by atoms with Crippen molar-refractivity contribution < 1.29 is 14.7 Å². The number of nitrogens with one attached hydrogen (secondary N) is 1. The zero-order valence-corrected chi connectivity index (χ0v) is 10.5. The van der Waals surface area contributed by atoms with E-state index in [1.54, 1.807) is 4.90 Å². The summed E-state index contributed by atoms with van der Waals surface area (Å²) >= 11 is 0. The predicted molar refractivity (Wildman–Crippen MR) is 67.3 cm³/mol. The number of carboxylic acids is 1. The molecule has 2 aliphatic rings. The highest BCUT2D eigenvalue weighted by molar-refractivity contribution is 5.78. The maximum absolute atomic E-state index is 11.9. The van der Waals surface area contributed by atoms with Crippen LogP contribution < -0.4 is 5.32 Å². The number of carbonyl (C=O) groups excluding carboxylic acids is 1. The minimum Gasteiger partial charge on any atom is -0.481 e. The molecule has 1 fully saturated rings. The molecule has 2 N–H and O–H groups in total. The first-order valence-corrected chi connectivity index (χ1v) is 6.55. The van der Waals surface area contributed by atoms with Crippen LogP contribution in [0.2, 0.25) is 0 Å². The minimum absolute atomic E-state index is 0.146. The van der Waals surface area contributed by atoms with E-state index in [4.69, 9.17) is 0 Å². The molecule has 1 aliphatic carbocycles. The standard InChI is InChI=1S/C13H20N2O3/c16-11(17)13(6-2-3-7-13)10-14-12(18)15-8-4-1-5-9-15/h1,4H,2-3,5-10H2,(H,14,18)(H,16,17). The van der Waals surface area contributed by atoms with Crippen LogP contribution >= 0.6 is 0 Å². The molecule has 0 saturated heterocycles. The van der Waals surface area contributed by atoms with Crippen molar-refractivity contribution >= 4 is 12.0 Å². The minimum atomic E-state index is -0.779. The molecule has 18 heavy (non-hydrogen) atoms. The van der Waals surface area contributed by atoms with Crippen LogP contribution in [0, 0.1) is 5.41 Å². The molecule has 0 bridgehead atoms. The third-order valence-electron chi connectivity index (χ3n) is 3.94. The van der Waals surface area contributed by atoms with Gasteiger partial charge in [-0.1, -0.05) is 25.0 Å². The van der Waals surface area contributed by atoms with Gasteiger partial charge in [-0.2, -0.15) is 0 Å². The summed E-state index contributed by atoms with van der Waals surface area (Å²) < 4.78 is 0. The molecule has 5 nitrogen and oxygen atoms in total. The number of amides is 2. The number of nitrogens with zero attached hydrogens (tertiary/aromatic N) is 1. The van der Waals surface area contributed by atoms with Crippen molar-refractivity contribution in [3.63, 3.8) is 0 Å². The largest absolute Gasteiger partial charge is 0.481 e. The maximum atomic E-state index is 11.9. The molecule has 1 saturated carbocycles. The Bertz CT molecular complexity index is 359. The summed E-state index contributed by atoms with van der Waals surface area (Å²) in [5.74, 6) is -0.779. The number of hydrogen-bond acceptors (Lipinski definition) is 2. The fourth-order valence-electron chi connectivity index (χ4n) is 2.70. The predicted octanol–water partition coefficient (Wildman–Crippen LogP) is 1.60. The molecular formula is C13H20N2O3. The Balaban J connectivity index is 1.88. The molecule has 1 aliphatic heterocycles. The highest BCUT2D eigenvalue weighted by Gasteiger charge is 2.41. The lowest BCUT2D eigenvalue weighted by Crippen LogP contribution is -2.47.